The molecule has 1 aliphatic heterocycles. The van der Waals surface area contributed by atoms with Crippen LogP contribution in [0.15, 0.2) is 40.3 Å². The van der Waals surface area contributed by atoms with Crippen molar-refractivity contribution in [2.24, 2.45) is 5.41 Å². The summed E-state index contributed by atoms with van der Waals surface area (Å²) in [4.78, 5) is 37.1. The van der Waals surface area contributed by atoms with Gasteiger partial charge in [-0.3, -0.25) is 4.57 Å². The molecular formula is C22H29N7O3S. The van der Waals surface area contributed by atoms with Crippen LogP contribution in [-0.4, -0.2) is 53.1 Å². The third-order valence-corrected chi connectivity index (χ3v) is 7.64. The molecule has 10 nitrogen and oxygen atoms in total. The first-order chi connectivity index (χ1) is 15.5. The third-order valence-electron chi connectivity index (χ3n) is 5.88. The summed E-state index contributed by atoms with van der Waals surface area (Å²) in [6.07, 6.45) is 1.33. The molecule has 3 heterocycles. The Labute approximate surface area is 192 Å². The van der Waals surface area contributed by atoms with E-state index in [4.69, 9.17) is 10.5 Å². The van der Waals surface area contributed by atoms with Gasteiger partial charge in [-0.2, -0.15) is 4.98 Å². The smallest absolute Gasteiger partial charge is 0.339 e. The number of aromatic nitrogens is 4. The van der Waals surface area contributed by atoms with Crippen molar-refractivity contribution in [1.29, 1.82) is 4.78 Å². The topological polar surface area (TPSA) is 140 Å². The molecule has 11 heteroatoms. The van der Waals surface area contributed by atoms with E-state index in [0.717, 1.165) is 16.6 Å². The molecule has 0 saturated carbocycles. The fourth-order valence-corrected chi connectivity index (χ4v) is 5.42. The zero-order chi connectivity index (χ0) is 24.0. The summed E-state index contributed by atoms with van der Waals surface area (Å²) in [7, 11) is -3.29. The number of hydrogen-bond acceptors (Lipinski definition) is 7. The van der Waals surface area contributed by atoms with Gasteiger partial charge >= 0.3 is 11.7 Å². The molecule has 1 atom stereocenters. The van der Waals surface area contributed by atoms with E-state index in [0.29, 0.717) is 19.5 Å². The average molecular weight is 472 g/mol. The fourth-order valence-electron chi connectivity index (χ4n) is 4.18. The van der Waals surface area contributed by atoms with E-state index in [2.05, 4.69) is 23.8 Å². The Morgan fingerprint density at radius 3 is 2.55 bits per heavy atom. The van der Waals surface area contributed by atoms with Crippen LogP contribution >= 0.6 is 0 Å². The summed E-state index contributed by atoms with van der Waals surface area (Å²) < 4.78 is 23.5. The Morgan fingerprint density at radius 2 is 1.94 bits per heavy atom. The highest BCUT2D eigenvalue weighted by Crippen LogP contribution is 2.30. The lowest BCUT2D eigenvalue weighted by Crippen LogP contribution is -2.40. The first kappa shape index (κ1) is 23.0. The molecule has 3 N–H and O–H groups in total. The van der Waals surface area contributed by atoms with Gasteiger partial charge in [0.1, 0.15) is 15.2 Å². The monoisotopic (exact) mass is 471 g/mol. The summed E-state index contributed by atoms with van der Waals surface area (Å²) in [6.45, 7) is 7.14. The molecule has 3 aromatic rings. The highest BCUT2D eigenvalue weighted by molar-refractivity contribution is 7.92. The van der Waals surface area contributed by atoms with Crippen LogP contribution in [0.2, 0.25) is 0 Å². The summed E-state index contributed by atoms with van der Waals surface area (Å²) in [5, 5.41) is -0.219. The summed E-state index contributed by atoms with van der Waals surface area (Å²) >= 11 is 0. The number of nitrogens with two attached hydrogens (primary N) is 1. The molecule has 176 valence electrons. The van der Waals surface area contributed by atoms with Crippen molar-refractivity contribution >= 4 is 32.7 Å². The van der Waals surface area contributed by atoms with Crippen molar-refractivity contribution in [3.63, 3.8) is 0 Å². The largest absolute Gasteiger partial charge is 0.382 e. The minimum Gasteiger partial charge on any atom is -0.382 e. The van der Waals surface area contributed by atoms with Crippen LogP contribution in [0.3, 0.4) is 0 Å². The van der Waals surface area contributed by atoms with E-state index in [1.54, 1.807) is 4.90 Å². The SMILES string of the molecule is CCCS(=N)(=O)c1nc(N)c2c(n1)n(Cc1ccccc1)c(=O)n2C(=O)N1CCC(C)(C)C1. The van der Waals surface area contributed by atoms with Gasteiger partial charge in [-0.25, -0.2) is 28.1 Å². The molecule has 0 radical (unpaired) electrons. The lowest BCUT2D eigenvalue weighted by Gasteiger charge is -2.19. The molecule has 0 aliphatic carbocycles. The average Bonchev–Trinajstić information content (AvgIpc) is 3.26. The highest BCUT2D eigenvalue weighted by Gasteiger charge is 2.35. The number of carbonyl (C=O) groups is 1. The third kappa shape index (κ3) is 4.24. The Balaban J connectivity index is 1.94. The van der Waals surface area contributed by atoms with Crippen LogP contribution < -0.4 is 11.4 Å². The van der Waals surface area contributed by atoms with Crippen LogP contribution in [0.1, 0.15) is 39.2 Å². The number of benzene rings is 1. The first-order valence-corrected chi connectivity index (χ1v) is 12.7. The number of nitrogens with zero attached hydrogens (tertiary/aromatic N) is 5. The van der Waals surface area contributed by atoms with Crippen molar-refractivity contribution in [3.8, 4) is 0 Å². The van der Waals surface area contributed by atoms with Crippen LogP contribution in [0.4, 0.5) is 10.6 Å². The predicted molar refractivity (Wildman–Crippen MR) is 127 cm³/mol. The lowest BCUT2D eigenvalue weighted by molar-refractivity contribution is 0.205. The van der Waals surface area contributed by atoms with E-state index in [9.17, 15) is 13.8 Å². The molecule has 33 heavy (non-hydrogen) atoms. The molecule has 1 saturated heterocycles. The Kier molecular flexibility index (Phi) is 5.77. The second-order valence-corrected chi connectivity index (χ2v) is 11.4. The highest BCUT2D eigenvalue weighted by atomic mass is 32.2. The summed E-state index contributed by atoms with van der Waals surface area (Å²) in [5.74, 6) is -0.0644. The molecular weight excluding hydrogens is 442 g/mol. The summed E-state index contributed by atoms with van der Waals surface area (Å²) in [5.41, 5.74) is 6.59. The second-order valence-electron chi connectivity index (χ2n) is 9.25. The van der Waals surface area contributed by atoms with E-state index in [-0.39, 0.29) is 39.9 Å². The van der Waals surface area contributed by atoms with Gasteiger partial charge in [0.05, 0.1) is 6.54 Å². The number of carbonyl (C=O) groups excluding carboxylic acids is 1. The number of nitrogen functional groups attached to an aromatic ring is 1. The van der Waals surface area contributed by atoms with Crippen molar-refractivity contribution in [2.45, 2.75) is 45.3 Å². The molecule has 2 aromatic heterocycles. The fraction of sp³-hybridized carbons (Fsp3) is 0.455. The minimum atomic E-state index is -3.29. The molecule has 1 aromatic carbocycles. The van der Waals surface area contributed by atoms with E-state index in [1.165, 1.54) is 4.57 Å². The van der Waals surface area contributed by atoms with Gasteiger partial charge in [-0.15, -0.1) is 0 Å². The Hall–Kier alpha value is -3.21. The Bertz CT molecular complexity index is 1370. The maximum atomic E-state index is 13.5. The first-order valence-electron chi connectivity index (χ1n) is 10.9. The predicted octanol–water partition coefficient (Wildman–Crippen LogP) is 2.74. The van der Waals surface area contributed by atoms with Gasteiger partial charge < -0.3 is 10.6 Å². The number of nitrogens with one attached hydrogen (secondary N) is 1. The lowest BCUT2D eigenvalue weighted by atomic mass is 9.93. The summed E-state index contributed by atoms with van der Waals surface area (Å²) in [6, 6.07) is 8.80. The van der Waals surface area contributed by atoms with Crippen molar-refractivity contribution in [3.05, 3.63) is 46.4 Å². The maximum Gasteiger partial charge on any atom is 0.339 e. The van der Waals surface area contributed by atoms with Crippen molar-refractivity contribution in [2.75, 3.05) is 24.6 Å². The van der Waals surface area contributed by atoms with E-state index < -0.39 is 21.4 Å². The number of anilines is 1. The second kappa shape index (κ2) is 8.29. The molecule has 0 spiro atoms. The quantitative estimate of drug-likeness (QED) is 0.548. The van der Waals surface area contributed by atoms with Gasteiger partial charge in [0.2, 0.25) is 5.16 Å². The van der Waals surface area contributed by atoms with Crippen molar-refractivity contribution in [1.82, 2.24) is 24.0 Å². The number of imidazole rings is 1. The molecule has 1 amide bonds. The van der Waals surface area contributed by atoms with Crippen LogP contribution in [0.25, 0.3) is 11.2 Å². The zero-order valence-electron chi connectivity index (χ0n) is 19.1. The molecule has 1 fully saturated rings. The van der Waals surface area contributed by atoms with E-state index >= 15 is 0 Å². The van der Waals surface area contributed by atoms with Gasteiger partial charge in [-0.05, 0) is 23.8 Å². The van der Waals surface area contributed by atoms with Gasteiger partial charge in [0, 0.05) is 18.8 Å². The molecule has 4 rings (SSSR count). The van der Waals surface area contributed by atoms with Crippen LogP contribution in [-0.2, 0) is 16.3 Å². The van der Waals surface area contributed by atoms with Gasteiger partial charge in [0.15, 0.2) is 11.5 Å². The Morgan fingerprint density at radius 1 is 1.24 bits per heavy atom. The maximum absolute atomic E-state index is 13.5. The van der Waals surface area contributed by atoms with Crippen LogP contribution in [0.5, 0.6) is 0 Å². The minimum absolute atomic E-state index is 0.0478. The number of rotatable bonds is 5. The number of likely N-dealkylation sites (tertiary alicyclic amines) is 1. The van der Waals surface area contributed by atoms with Gasteiger partial charge in [0.25, 0.3) is 0 Å². The van der Waals surface area contributed by atoms with Crippen LogP contribution in [0, 0.1) is 10.2 Å². The zero-order valence-corrected chi connectivity index (χ0v) is 19.9. The normalized spacial score (nSPS) is 17.4. The number of hydrogen-bond donors (Lipinski definition) is 2. The number of amides is 1. The number of fused-ring (bicyclic) bond motifs is 1. The molecule has 0 bridgehead atoms. The van der Waals surface area contributed by atoms with E-state index in [1.807, 2.05) is 37.3 Å². The van der Waals surface area contributed by atoms with Crippen molar-refractivity contribution < 1.29 is 9.00 Å². The van der Waals surface area contributed by atoms with Gasteiger partial charge in [-0.1, -0.05) is 51.1 Å². The standard InChI is InChI=1S/C22H29N7O3S/c1-4-12-33(24,32)19-25-17(23)16-18(26-19)28(13-15-8-6-5-7-9-15)21(31)29(16)20(30)27-11-10-22(2,3)14-27/h5-9,24H,4,10-14H2,1-3H3,(H2,23,25,26). The molecule has 1 aliphatic rings. The molecule has 1 unspecified atom stereocenters.